The number of imidazole rings is 1. The lowest BCUT2D eigenvalue weighted by molar-refractivity contribution is -0.00342. The van der Waals surface area contributed by atoms with Gasteiger partial charge in [0.25, 0.3) is 0 Å². The Kier molecular flexibility index (Phi) is 6.18. The van der Waals surface area contributed by atoms with Crippen molar-refractivity contribution < 1.29 is 23.1 Å². The van der Waals surface area contributed by atoms with Gasteiger partial charge in [-0.2, -0.15) is 5.26 Å². The van der Waals surface area contributed by atoms with E-state index in [4.69, 9.17) is 4.74 Å². The maximum absolute atomic E-state index is 13.5. The number of sulfone groups is 1. The van der Waals surface area contributed by atoms with Crippen LogP contribution >= 0.6 is 0 Å². The fraction of sp³-hybridized carbons (Fsp3) is 0.522. The van der Waals surface area contributed by atoms with Crippen molar-refractivity contribution in [3.63, 3.8) is 0 Å². The maximum Gasteiger partial charge on any atom is 0.410 e. The van der Waals surface area contributed by atoms with Crippen LogP contribution in [-0.4, -0.2) is 69.3 Å². The normalized spacial score (nSPS) is 22.7. The van der Waals surface area contributed by atoms with Crippen molar-refractivity contribution in [2.45, 2.75) is 73.6 Å². The Morgan fingerprint density at radius 3 is 2.53 bits per heavy atom. The van der Waals surface area contributed by atoms with E-state index < -0.39 is 44.6 Å². The molecule has 2 N–H and O–H groups in total. The first kappa shape index (κ1) is 24.2. The lowest BCUT2D eigenvalue weighted by Crippen LogP contribution is -2.53. The monoisotopic (exact) mass is 487 g/mol. The van der Waals surface area contributed by atoms with Crippen LogP contribution in [-0.2, 0) is 14.6 Å². The van der Waals surface area contributed by atoms with Crippen LogP contribution in [0, 0.1) is 11.3 Å². The second-order valence-corrected chi connectivity index (χ2v) is 12.1. The van der Waals surface area contributed by atoms with E-state index in [0.717, 1.165) is 5.69 Å². The molecule has 10 nitrogen and oxygen atoms in total. The molecule has 0 radical (unpaired) electrons. The van der Waals surface area contributed by atoms with Crippen molar-refractivity contribution in [3.8, 4) is 11.8 Å². The van der Waals surface area contributed by atoms with E-state index in [1.807, 2.05) is 0 Å². The summed E-state index contributed by atoms with van der Waals surface area (Å²) in [6.45, 7) is 5.03. The minimum absolute atomic E-state index is 0.0144. The average molecular weight is 488 g/mol. The van der Waals surface area contributed by atoms with Crippen molar-refractivity contribution in [2.75, 3.05) is 6.54 Å². The van der Waals surface area contributed by atoms with Crippen LogP contribution in [0.3, 0.4) is 0 Å². The molecule has 2 heterocycles. The topological polar surface area (TPSA) is 138 Å². The molecule has 0 bridgehead atoms. The molecule has 182 valence electrons. The smallest absolute Gasteiger partial charge is 0.410 e. The Bertz CT molecular complexity index is 1180. The minimum atomic E-state index is -3.81. The number of hydrogen-bond donors (Lipinski definition) is 2. The molecule has 1 aromatic carbocycles. The number of ether oxygens (including phenoxy) is 1. The molecule has 34 heavy (non-hydrogen) atoms. The molecule has 1 saturated heterocycles. The molecule has 2 aliphatic rings. The van der Waals surface area contributed by atoms with Crippen molar-refractivity contribution in [2.24, 2.45) is 0 Å². The largest absolute Gasteiger partial charge is 0.444 e. The molecule has 1 aliphatic heterocycles. The Labute approximate surface area is 199 Å². The number of carbonyl (C=O) groups is 1. The number of nitrogens with zero attached hydrogens (tertiary/aromatic N) is 4. The molecular weight excluding hydrogens is 458 g/mol. The van der Waals surface area contributed by atoms with Gasteiger partial charge in [-0.3, -0.25) is 10.2 Å². The molecule has 0 spiro atoms. The zero-order valence-electron chi connectivity index (χ0n) is 19.4. The molecular formula is C23H29N5O5S. The second kappa shape index (κ2) is 8.69. The van der Waals surface area contributed by atoms with Gasteiger partial charge in [-0.05, 0) is 64.3 Å². The quantitative estimate of drug-likeness (QED) is 0.590. The van der Waals surface area contributed by atoms with Crippen LogP contribution in [0.25, 0.3) is 5.69 Å². The SMILES string of the molecule is CC(C)(C)OC(=O)N1C[C@H](S(=O)(=O)c2ccc(-n3ccnc3)cc2)C[C@H]1C(O)NC1(C#N)CC1. The van der Waals surface area contributed by atoms with Gasteiger partial charge in [-0.1, -0.05) is 0 Å². The van der Waals surface area contributed by atoms with Crippen LogP contribution in [0.5, 0.6) is 0 Å². The Morgan fingerprint density at radius 1 is 1.32 bits per heavy atom. The molecule has 1 aromatic heterocycles. The average Bonchev–Trinajstić information content (AvgIpc) is 3.19. The Balaban J connectivity index is 1.57. The number of carbonyl (C=O) groups excluding carboxylic acids is 1. The van der Waals surface area contributed by atoms with Gasteiger partial charge in [0.2, 0.25) is 0 Å². The highest BCUT2D eigenvalue weighted by atomic mass is 32.2. The van der Waals surface area contributed by atoms with E-state index in [1.54, 1.807) is 56.2 Å². The standard InChI is InChI=1S/C23H29N5O5S/c1-22(2,3)33-21(30)28-13-18(12-19(28)20(29)26-23(14-24)8-9-23)34(31,32)17-6-4-16(5-7-17)27-11-10-25-15-27/h4-7,10-11,15,18-20,26,29H,8-9,12-13H2,1-3H3/t18-,19+,20?/m1/s1. The number of aliphatic hydroxyl groups is 1. The van der Waals surface area contributed by atoms with Gasteiger partial charge >= 0.3 is 6.09 Å². The zero-order valence-corrected chi connectivity index (χ0v) is 20.2. The summed E-state index contributed by atoms with van der Waals surface area (Å²) in [4.78, 5) is 18.3. The van der Waals surface area contributed by atoms with Crippen molar-refractivity contribution in [1.29, 1.82) is 5.26 Å². The molecule has 1 saturated carbocycles. The van der Waals surface area contributed by atoms with E-state index in [9.17, 15) is 23.6 Å². The van der Waals surface area contributed by atoms with Gasteiger partial charge in [0.1, 0.15) is 17.4 Å². The summed E-state index contributed by atoms with van der Waals surface area (Å²) in [6, 6.07) is 7.72. The third-order valence-corrected chi connectivity index (χ3v) is 8.24. The Hall–Kier alpha value is -2.94. The molecule has 3 atom stereocenters. The van der Waals surface area contributed by atoms with E-state index in [-0.39, 0.29) is 17.9 Å². The van der Waals surface area contributed by atoms with Gasteiger partial charge in [0.05, 0.1) is 28.6 Å². The van der Waals surface area contributed by atoms with Crippen molar-refractivity contribution in [1.82, 2.24) is 19.8 Å². The first-order valence-corrected chi connectivity index (χ1v) is 12.7. The molecule has 1 amide bonds. The number of likely N-dealkylation sites (tertiary alicyclic amines) is 1. The lowest BCUT2D eigenvalue weighted by Gasteiger charge is -2.32. The maximum atomic E-state index is 13.5. The molecule has 11 heteroatoms. The first-order chi connectivity index (χ1) is 15.9. The number of aromatic nitrogens is 2. The number of amides is 1. The van der Waals surface area contributed by atoms with Gasteiger partial charge in [0, 0.05) is 24.6 Å². The van der Waals surface area contributed by atoms with Gasteiger partial charge in [-0.15, -0.1) is 0 Å². The highest BCUT2D eigenvalue weighted by Crippen LogP contribution is 2.37. The Morgan fingerprint density at radius 2 is 2.00 bits per heavy atom. The zero-order chi connectivity index (χ0) is 24.7. The molecule has 1 aliphatic carbocycles. The summed E-state index contributed by atoms with van der Waals surface area (Å²) in [5, 5.41) is 22.2. The minimum Gasteiger partial charge on any atom is -0.444 e. The van der Waals surface area contributed by atoms with Gasteiger partial charge in [-0.25, -0.2) is 18.2 Å². The summed E-state index contributed by atoms with van der Waals surface area (Å²) in [5.41, 5.74) is -0.856. The van der Waals surface area contributed by atoms with Gasteiger partial charge < -0.3 is 14.4 Å². The molecule has 2 aromatic rings. The fourth-order valence-electron chi connectivity index (χ4n) is 4.09. The number of nitrogens with one attached hydrogen (secondary N) is 1. The predicted molar refractivity (Wildman–Crippen MR) is 123 cm³/mol. The molecule has 1 unspecified atom stereocenters. The number of nitriles is 1. The molecule has 4 rings (SSSR count). The summed E-state index contributed by atoms with van der Waals surface area (Å²) in [6.07, 6.45) is 4.23. The van der Waals surface area contributed by atoms with Crippen LogP contribution in [0.4, 0.5) is 4.79 Å². The summed E-state index contributed by atoms with van der Waals surface area (Å²) >= 11 is 0. The highest BCUT2D eigenvalue weighted by molar-refractivity contribution is 7.92. The summed E-state index contributed by atoms with van der Waals surface area (Å²) < 4.78 is 34.1. The van der Waals surface area contributed by atoms with Crippen LogP contribution in [0.2, 0.25) is 0 Å². The summed E-state index contributed by atoms with van der Waals surface area (Å²) in [5.74, 6) is 0. The third kappa shape index (κ3) is 4.94. The number of hydrogen-bond acceptors (Lipinski definition) is 8. The lowest BCUT2D eigenvalue weighted by atomic mass is 10.1. The third-order valence-electron chi connectivity index (χ3n) is 6.09. The van der Waals surface area contributed by atoms with Crippen LogP contribution in [0.15, 0.2) is 47.9 Å². The van der Waals surface area contributed by atoms with E-state index in [1.165, 1.54) is 17.0 Å². The first-order valence-electron chi connectivity index (χ1n) is 11.1. The second-order valence-electron chi connectivity index (χ2n) is 9.85. The number of aliphatic hydroxyl groups excluding tert-OH is 1. The van der Waals surface area contributed by atoms with Gasteiger partial charge in [0.15, 0.2) is 9.84 Å². The number of benzene rings is 1. The highest BCUT2D eigenvalue weighted by Gasteiger charge is 2.50. The molecule has 2 fully saturated rings. The van der Waals surface area contributed by atoms with Crippen LogP contribution < -0.4 is 5.32 Å². The summed E-state index contributed by atoms with van der Waals surface area (Å²) in [7, 11) is -3.81. The number of rotatable bonds is 6. The fourth-order valence-corrected chi connectivity index (χ4v) is 5.79. The van der Waals surface area contributed by atoms with Crippen LogP contribution in [0.1, 0.15) is 40.0 Å². The van der Waals surface area contributed by atoms with Crippen molar-refractivity contribution >= 4 is 15.9 Å². The van der Waals surface area contributed by atoms with E-state index in [0.29, 0.717) is 12.8 Å². The van der Waals surface area contributed by atoms with E-state index in [2.05, 4.69) is 16.4 Å². The predicted octanol–water partition coefficient (Wildman–Crippen LogP) is 1.99. The van der Waals surface area contributed by atoms with E-state index >= 15 is 0 Å². The van der Waals surface area contributed by atoms with Crippen molar-refractivity contribution in [3.05, 3.63) is 43.0 Å².